The standard InChI is InChI=1S/C14H22ClN3O4/c1-9(2)4-18(11-7-22-8-12(19)14(11)21)13(20)6-17-5-10(15)3-16-17/h3,5,9,11-12,14,19,21H,4,6-8H2,1-2H3/t11-,12-,14+/m1/s1. The summed E-state index contributed by atoms with van der Waals surface area (Å²) < 4.78 is 6.73. The van der Waals surface area contributed by atoms with Crippen molar-refractivity contribution in [2.45, 2.75) is 38.6 Å². The van der Waals surface area contributed by atoms with Gasteiger partial charge in [0.05, 0.1) is 30.5 Å². The van der Waals surface area contributed by atoms with Crippen LogP contribution >= 0.6 is 11.6 Å². The third-order valence-electron chi connectivity index (χ3n) is 3.55. The van der Waals surface area contributed by atoms with Crippen LogP contribution in [-0.4, -0.2) is 68.8 Å². The molecule has 22 heavy (non-hydrogen) atoms. The molecule has 2 rings (SSSR count). The van der Waals surface area contributed by atoms with Gasteiger partial charge in [0.1, 0.15) is 18.8 Å². The van der Waals surface area contributed by atoms with E-state index in [-0.39, 0.29) is 31.6 Å². The van der Waals surface area contributed by atoms with Crippen molar-refractivity contribution in [2.24, 2.45) is 5.92 Å². The lowest BCUT2D eigenvalue weighted by Crippen LogP contribution is -2.58. The summed E-state index contributed by atoms with van der Waals surface area (Å²) in [6.07, 6.45) is 1.03. The Balaban J connectivity index is 2.12. The summed E-state index contributed by atoms with van der Waals surface area (Å²) in [6.45, 7) is 4.74. The molecule has 0 radical (unpaired) electrons. The van der Waals surface area contributed by atoms with Gasteiger partial charge in [-0.05, 0) is 5.92 Å². The fourth-order valence-electron chi connectivity index (χ4n) is 2.51. The summed E-state index contributed by atoms with van der Waals surface area (Å²) in [7, 11) is 0. The smallest absolute Gasteiger partial charge is 0.244 e. The first-order chi connectivity index (χ1) is 10.4. The monoisotopic (exact) mass is 331 g/mol. The minimum atomic E-state index is -1.02. The topological polar surface area (TPSA) is 87.8 Å². The molecule has 1 fully saturated rings. The zero-order chi connectivity index (χ0) is 16.3. The Labute approximate surface area is 134 Å². The van der Waals surface area contributed by atoms with Gasteiger partial charge in [0.2, 0.25) is 5.91 Å². The van der Waals surface area contributed by atoms with E-state index in [4.69, 9.17) is 16.3 Å². The molecular formula is C14H22ClN3O4. The quantitative estimate of drug-likeness (QED) is 0.801. The van der Waals surface area contributed by atoms with Crippen LogP contribution in [0.2, 0.25) is 5.02 Å². The highest BCUT2D eigenvalue weighted by atomic mass is 35.5. The summed E-state index contributed by atoms with van der Waals surface area (Å²) in [6, 6.07) is -0.565. The van der Waals surface area contributed by atoms with Crippen LogP contribution in [0.15, 0.2) is 12.4 Å². The number of halogens is 1. The normalized spacial score (nSPS) is 25.5. The summed E-state index contributed by atoms with van der Waals surface area (Å²) in [5.41, 5.74) is 0. The van der Waals surface area contributed by atoms with E-state index in [1.807, 2.05) is 13.8 Å². The highest BCUT2D eigenvalue weighted by molar-refractivity contribution is 6.30. The van der Waals surface area contributed by atoms with Gasteiger partial charge in [0.25, 0.3) is 0 Å². The molecule has 1 saturated heterocycles. The SMILES string of the molecule is CC(C)CN(C(=O)Cn1cc(Cl)cn1)[C@@H]1COC[C@@H](O)[C@H]1O. The molecule has 0 aliphatic carbocycles. The molecule has 2 heterocycles. The van der Waals surface area contributed by atoms with Crippen LogP contribution in [0.25, 0.3) is 0 Å². The first kappa shape index (κ1) is 17.2. The number of carbonyl (C=O) groups excluding carboxylic acids is 1. The van der Waals surface area contributed by atoms with Gasteiger partial charge in [0.15, 0.2) is 0 Å². The summed E-state index contributed by atoms with van der Waals surface area (Å²) >= 11 is 5.80. The number of hydrogen-bond acceptors (Lipinski definition) is 5. The minimum absolute atomic E-state index is 0.0265. The van der Waals surface area contributed by atoms with E-state index in [9.17, 15) is 15.0 Å². The fourth-order valence-corrected chi connectivity index (χ4v) is 2.66. The predicted molar refractivity (Wildman–Crippen MR) is 80.4 cm³/mol. The van der Waals surface area contributed by atoms with E-state index in [2.05, 4.69) is 5.10 Å². The lowest BCUT2D eigenvalue weighted by molar-refractivity contribution is -0.158. The van der Waals surface area contributed by atoms with E-state index in [1.165, 1.54) is 10.9 Å². The molecule has 0 unspecified atom stereocenters. The van der Waals surface area contributed by atoms with E-state index >= 15 is 0 Å². The second kappa shape index (κ2) is 7.41. The van der Waals surface area contributed by atoms with Crippen LogP contribution in [0.4, 0.5) is 0 Å². The zero-order valence-corrected chi connectivity index (χ0v) is 13.5. The summed E-state index contributed by atoms with van der Waals surface area (Å²) in [4.78, 5) is 14.1. The van der Waals surface area contributed by atoms with Crippen molar-refractivity contribution in [3.8, 4) is 0 Å². The van der Waals surface area contributed by atoms with Crippen LogP contribution in [0.3, 0.4) is 0 Å². The van der Waals surface area contributed by atoms with Crippen molar-refractivity contribution in [1.29, 1.82) is 0 Å². The number of nitrogens with zero attached hydrogens (tertiary/aromatic N) is 3. The number of carbonyl (C=O) groups is 1. The van der Waals surface area contributed by atoms with Gasteiger partial charge in [-0.15, -0.1) is 0 Å². The van der Waals surface area contributed by atoms with Crippen LogP contribution < -0.4 is 0 Å². The van der Waals surface area contributed by atoms with Gasteiger partial charge >= 0.3 is 0 Å². The molecular weight excluding hydrogens is 310 g/mol. The van der Waals surface area contributed by atoms with Crippen molar-refractivity contribution < 1.29 is 19.7 Å². The number of aliphatic hydroxyl groups is 2. The molecule has 7 nitrogen and oxygen atoms in total. The average Bonchev–Trinajstić information content (AvgIpc) is 2.84. The van der Waals surface area contributed by atoms with Crippen molar-refractivity contribution in [2.75, 3.05) is 19.8 Å². The van der Waals surface area contributed by atoms with E-state index in [0.717, 1.165) is 0 Å². The lowest BCUT2D eigenvalue weighted by atomic mass is 10.0. The number of hydrogen-bond donors (Lipinski definition) is 2. The number of ether oxygens (including phenoxy) is 1. The fraction of sp³-hybridized carbons (Fsp3) is 0.714. The van der Waals surface area contributed by atoms with E-state index in [0.29, 0.717) is 11.6 Å². The molecule has 3 atom stereocenters. The molecule has 1 aliphatic rings. The molecule has 8 heteroatoms. The first-order valence-electron chi connectivity index (χ1n) is 7.29. The Kier molecular flexibility index (Phi) is 5.80. The minimum Gasteiger partial charge on any atom is -0.388 e. The van der Waals surface area contributed by atoms with Crippen LogP contribution in [0.5, 0.6) is 0 Å². The molecule has 1 aliphatic heterocycles. The Hall–Kier alpha value is -1.15. The molecule has 0 spiro atoms. The molecule has 2 N–H and O–H groups in total. The average molecular weight is 332 g/mol. The van der Waals surface area contributed by atoms with E-state index < -0.39 is 18.2 Å². The number of amides is 1. The summed E-state index contributed by atoms with van der Waals surface area (Å²) in [5.74, 6) is 0.0200. The second-order valence-electron chi connectivity index (χ2n) is 5.96. The van der Waals surface area contributed by atoms with Gasteiger partial charge in [-0.1, -0.05) is 25.4 Å². The third-order valence-corrected chi connectivity index (χ3v) is 3.74. The Morgan fingerprint density at radius 2 is 2.27 bits per heavy atom. The summed E-state index contributed by atoms with van der Waals surface area (Å²) in [5, 5.41) is 24.4. The van der Waals surface area contributed by atoms with Crippen molar-refractivity contribution in [3.63, 3.8) is 0 Å². The van der Waals surface area contributed by atoms with Crippen LogP contribution in [0, 0.1) is 5.92 Å². The highest BCUT2D eigenvalue weighted by Crippen LogP contribution is 2.17. The Morgan fingerprint density at radius 3 is 2.86 bits per heavy atom. The van der Waals surface area contributed by atoms with Gasteiger partial charge in [-0.3, -0.25) is 9.48 Å². The number of aromatic nitrogens is 2. The molecule has 124 valence electrons. The van der Waals surface area contributed by atoms with Crippen LogP contribution in [0.1, 0.15) is 13.8 Å². The third kappa shape index (κ3) is 4.19. The molecule has 1 aromatic rings. The zero-order valence-electron chi connectivity index (χ0n) is 12.7. The van der Waals surface area contributed by atoms with E-state index in [1.54, 1.807) is 11.1 Å². The number of rotatable bonds is 5. The maximum absolute atomic E-state index is 12.6. The molecule has 0 bridgehead atoms. The van der Waals surface area contributed by atoms with Crippen molar-refractivity contribution in [1.82, 2.24) is 14.7 Å². The maximum Gasteiger partial charge on any atom is 0.244 e. The largest absolute Gasteiger partial charge is 0.388 e. The second-order valence-corrected chi connectivity index (χ2v) is 6.40. The van der Waals surface area contributed by atoms with Crippen LogP contribution in [-0.2, 0) is 16.1 Å². The van der Waals surface area contributed by atoms with Gasteiger partial charge in [0, 0.05) is 12.7 Å². The Morgan fingerprint density at radius 1 is 1.55 bits per heavy atom. The molecule has 0 aromatic carbocycles. The molecule has 1 amide bonds. The van der Waals surface area contributed by atoms with Gasteiger partial charge in [-0.25, -0.2) is 0 Å². The lowest BCUT2D eigenvalue weighted by Gasteiger charge is -2.40. The van der Waals surface area contributed by atoms with Gasteiger partial charge < -0.3 is 19.8 Å². The molecule has 0 saturated carbocycles. The maximum atomic E-state index is 12.6. The van der Waals surface area contributed by atoms with Gasteiger partial charge in [-0.2, -0.15) is 5.10 Å². The predicted octanol–water partition coefficient (Wildman–Crippen LogP) is 0.142. The van der Waals surface area contributed by atoms with Crippen molar-refractivity contribution >= 4 is 17.5 Å². The Bertz CT molecular complexity index is 508. The first-order valence-corrected chi connectivity index (χ1v) is 7.67. The highest BCUT2D eigenvalue weighted by Gasteiger charge is 2.37. The number of aliphatic hydroxyl groups excluding tert-OH is 2. The van der Waals surface area contributed by atoms with Crippen molar-refractivity contribution in [3.05, 3.63) is 17.4 Å². The molecule has 1 aromatic heterocycles.